The summed E-state index contributed by atoms with van der Waals surface area (Å²) in [5.74, 6) is 0.843. The van der Waals surface area contributed by atoms with Crippen LogP contribution in [0.4, 0.5) is 0 Å². The van der Waals surface area contributed by atoms with E-state index in [1.807, 2.05) is 7.11 Å². The monoisotopic (exact) mass is 226 g/mol. The van der Waals surface area contributed by atoms with Gasteiger partial charge in [-0.1, -0.05) is 6.92 Å². The van der Waals surface area contributed by atoms with Gasteiger partial charge in [0.1, 0.15) is 0 Å². The normalized spacial score (nSPS) is 33.2. The number of methoxy groups -OCH3 is 1. The van der Waals surface area contributed by atoms with Gasteiger partial charge in [-0.25, -0.2) is 0 Å². The average molecular weight is 226 g/mol. The summed E-state index contributed by atoms with van der Waals surface area (Å²) in [4.78, 5) is 2.63. The first-order chi connectivity index (χ1) is 7.70. The standard InChI is InChI=1S/C13H26N2O/c1-10-6-11(2)15(8-10)13(9-16-3)7-14-12-4-5-12/h10-14H,4-9H2,1-3H3. The van der Waals surface area contributed by atoms with Crippen molar-refractivity contribution in [2.24, 2.45) is 5.92 Å². The maximum Gasteiger partial charge on any atom is 0.0630 e. The van der Waals surface area contributed by atoms with Gasteiger partial charge in [0.25, 0.3) is 0 Å². The summed E-state index contributed by atoms with van der Waals surface area (Å²) in [6, 6.07) is 2.08. The molecule has 0 radical (unpaired) electrons. The Morgan fingerprint density at radius 3 is 2.62 bits per heavy atom. The zero-order chi connectivity index (χ0) is 11.5. The SMILES string of the molecule is COCC(CNC1CC1)N1CC(C)CC1C. The van der Waals surface area contributed by atoms with Crippen molar-refractivity contribution in [1.29, 1.82) is 0 Å². The Hall–Kier alpha value is -0.120. The summed E-state index contributed by atoms with van der Waals surface area (Å²) in [7, 11) is 1.81. The number of nitrogens with zero attached hydrogens (tertiary/aromatic N) is 1. The number of rotatable bonds is 6. The van der Waals surface area contributed by atoms with E-state index >= 15 is 0 Å². The summed E-state index contributed by atoms with van der Waals surface area (Å²) in [6.45, 7) is 7.89. The molecule has 0 aromatic rings. The number of ether oxygens (including phenoxy) is 1. The number of hydrogen-bond donors (Lipinski definition) is 1. The zero-order valence-electron chi connectivity index (χ0n) is 10.9. The second-order valence-corrected chi connectivity index (χ2v) is 5.68. The Morgan fingerprint density at radius 1 is 1.38 bits per heavy atom. The highest BCUT2D eigenvalue weighted by Gasteiger charge is 2.32. The summed E-state index contributed by atoms with van der Waals surface area (Å²) in [5, 5.41) is 3.63. The highest BCUT2D eigenvalue weighted by atomic mass is 16.5. The van der Waals surface area contributed by atoms with E-state index in [-0.39, 0.29) is 0 Å². The summed E-state index contributed by atoms with van der Waals surface area (Å²) < 4.78 is 5.37. The number of hydrogen-bond acceptors (Lipinski definition) is 3. The van der Waals surface area contributed by atoms with Crippen LogP contribution in [-0.4, -0.2) is 49.8 Å². The van der Waals surface area contributed by atoms with E-state index in [0.29, 0.717) is 6.04 Å². The second kappa shape index (κ2) is 5.48. The van der Waals surface area contributed by atoms with Crippen molar-refractivity contribution in [3.63, 3.8) is 0 Å². The molecule has 0 bridgehead atoms. The van der Waals surface area contributed by atoms with E-state index in [2.05, 4.69) is 24.1 Å². The van der Waals surface area contributed by atoms with Crippen LogP contribution >= 0.6 is 0 Å². The molecule has 0 aromatic carbocycles. The van der Waals surface area contributed by atoms with E-state index < -0.39 is 0 Å². The predicted molar refractivity (Wildman–Crippen MR) is 66.6 cm³/mol. The molecule has 2 rings (SSSR count). The molecular formula is C13H26N2O. The molecule has 1 aliphatic heterocycles. The molecule has 2 fully saturated rings. The van der Waals surface area contributed by atoms with Crippen molar-refractivity contribution in [3.8, 4) is 0 Å². The summed E-state index contributed by atoms with van der Waals surface area (Å²) in [6.07, 6.45) is 4.07. The number of nitrogens with one attached hydrogen (secondary N) is 1. The fourth-order valence-corrected chi connectivity index (χ4v) is 2.90. The maximum absolute atomic E-state index is 5.37. The van der Waals surface area contributed by atoms with E-state index in [1.165, 1.54) is 25.8 Å². The van der Waals surface area contributed by atoms with Crippen LogP contribution in [0.5, 0.6) is 0 Å². The molecule has 3 unspecified atom stereocenters. The largest absolute Gasteiger partial charge is 0.383 e. The van der Waals surface area contributed by atoms with Crippen LogP contribution in [0, 0.1) is 5.92 Å². The first-order valence-corrected chi connectivity index (χ1v) is 6.68. The van der Waals surface area contributed by atoms with E-state index in [0.717, 1.165) is 31.2 Å². The molecule has 1 N–H and O–H groups in total. The Balaban J connectivity index is 1.83. The number of likely N-dealkylation sites (tertiary alicyclic amines) is 1. The molecular weight excluding hydrogens is 200 g/mol. The second-order valence-electron chi connectivity index (χ2n) is 5.68. The topological polar surface area (TPSA) is 24.5 Å². The van der Waals surface area contributed by atoms with Crippen LogP contribution in [0.25, 0.3) is 0 Å². The predicted octanol–water partition coefficient (Wildman–Crippen LogP) is 1.48. The highest BCUT2D eigenvalue weighted by molar-refractivity contribution is 4.89. The van der Waals surface area contributed by atoms with Gasteiger partial charge in [-0.3, -0.25) is 4.90 Å². The highest BCUT2D eigenvalue weighted by Crippen LogP contribution is 2.25. The molecule has 1 aliphatic carbocycles. The van der Waals surface area contributed by atoms with Crippen LogP contribution in [0.15, 0.2) is 0 Å². The minimum atomic E-state index is 0.561. The lowest BCUT2D eigenvalue weighted by molar-refractivity contribution is 0.0837. The van der Waals surface area contributed by atoms with E-state index in [9.17, 15) is 0 Å². The molecule has 1 saturated carbocycles. The minimum Gasteiger partial charge on any atom is -0.383 e. The Bertz CT molecular complexity index is 218. The van der Waals surface area contributed by atoms with Crippen LogP contribution in [-0.2, 0) is 4.74 Å². The third-order valence-electron chi connectivity index (χ3n) is 3.88. The van der Waals surface area contributed by atoms with Crippen molar-refractivity contribution < 1.29 is 4.74 Å². The third-order valence-corrected chi connectivity index (χ3v) is 3.88. The molecule has 16 heavy (non-hydrogen) atoms. The van der Waals surface area contributed by atoms with Gasteiger partial charge in [-0.05, 0) is 32.1 Å². The van der Waals surface area contributed by atoms with Crippen LogP contribution in [0.1, 0.15) is 33.1 Å². The molecule has 3 nitrogen and oxygen atoms in total. The van der Waals surface area contributed by atoms with E-state index in [4.69, 9.17) is 4.74 Å². The summed E-state index contributed by atoms with van der Waals surface area (Å²) in [5.41, 5.74) is 0. The molecule has 2 aliphatic rings. The Kier molecular flexibility index (Phi) is 4.22. The van der Waals surface area contributed by atoms with Crippen molar-refractivity contribution in [2.45, 2.75) is 51.2 Å². The minimum absolute atomic E-state index is 0.561. The lowest BCUT2D eigenvalue weighted by Gasteiger charge is -2.31. The molecule has 0 aromatic heterocycles. The van der Waals surface area contributed by atoms with Gasteiger partial charge in [0.2, 0.25) is 0 Å². The van der Waals surface area contributed by atoms with Gasteiger partial charge in [0.15, 0.2) is 0 Å². The first-order valence-electron chi connectivity index (χ1n) is 6.68. The van der Waals surface area contributed by atoms with Gasteiger partial charge >= 0.3 is 0 Å². The molecule has 1 heterocycles. The van der Waals surface area contributed by atoms with Crippen molar-refractivity contribution in [2.75, 3.05) is 26.8 Å². The fraction of sp³-hybridized carbons (Fsp3) is 1.00. The van der Waals surface area contributed by atoms with Gasteiger partial charge < -0.3 is 10.1 Å². The maximum atomic E-state index is 5.37. The quantitative estimate of drug-likeness (QED) is 0.742. The molecule has 3 atom stereocenters. The van der Waals surface area contributed by atoms with Gasteiger partial charge in [-0.15, -0.1) is 0 Å². The molecule has 3 heteroatoms. The first kappa shape index (κ1) is 12.3. The van der Waals surface area contributed by atoms with Crippen LogP contribution in [0.3, 0.4) is 0 Å². The lowest BCUT2D eigenvalue weighted by atomic mass is 10.1. The Morgan fingerprint density at radius 2 is 2.12 bits per heavy atom. The summed E-state index contributed by atoms with van der Waals surface area (Å²) >= 11 is 0. The van der Waals surface area contributed by atoms with Crippen molar-refractivity contribution >= 4 is 0 Å². The fourth-order valence-electron chi connectivity index (χ4n) is 2.90. The molecule has 0 spiro atoms. The molecule has 94 valence electrons. The van der Waals surface area contributed by atoms with Gasteiger partial charge in [0, 0.05) is 38.3 Å². The lowest BCUT2D eigenvalue weighted by Crippen LogP contribution is -2.47. The molecule has 1 saturated heterocycles. The van der Waals surface area contributed by atoms with Crippen LogP contribution in [0.2, 0.25) is 0 Å². The molecule has 0 amide bonds. The van der Waals surface area contributed by atoms with Crippen molar-refractivity contribution in [3.05, 3.63) is 0 Å². The van der Waals surface area contributed by atoms with Crippen LogP contribution < -0.4 is 5.32 Å². The average Bonchev–Trinajstić information content (AvgIpc) is 2.99. The third kappa shape index (κ3) is 3.19. The van der Waals surface area contributed by atoms with Crippen molar-refractivity contribution in [1.82, 2.24) is 10.2 Å². The van der Waals surface area contributed by atoms with E-state index in [1.54, 1.807) is 0 Å². The Labute approximate surface area is 99.5 Å². The zero-order valence-corrected chi connectivity index (χ0v) is 10.9. The smallest absolute Gasteiger partial charge is 0.0630 e. The van der Waals surface area contributed by atoms with Gasteiger partial charge in [0.05, 0.1) is 6.61 Å². The van der Waals surface area contributed by atoms with Gasteiger partial charge in [-0.2, -0.15) is 0 Å².